The van der Waals surface area contributed by atoms with Crippen molar-refractivity contribution in [2.24, 2.45) is 14.1 Å². The molecule has 34 heavy (non-hydrogen) atoms. The van der Waals surface area contributed by atoms with Gasteiger partial charge in [0.1, 0.15) is 17.8 Å². The molecule has 2 N–H and O–H groups in total. The second kappa shape index (κ2) is 9.03. The van der Waals surface area contributed by atoms with E-state index in [1.54, 1.807) is 30.1 Å². The Kier molecular flexibility index (Phi) is 5.97. The van der Waals surface area contributed by atoms with Crippen LogP contribution in [0.5, 0.6) is 5.75 Å². The predicted molar refractivity (Wildman–Crippen MR) is 120 cm³/mol. The molecule has 3 heterocycles. The molecule has 0 unspecified atom stereocenters. The van der Waals surface area contributed by atoms with Gasteiger partial charge in [-0.1, -0.05) is 30.3 Å². The molecular weight excluding hydrogens is 438 g/mol. The molecule has 0 bridgehead atoms. The maximum absolute atomic E-state index is 12.8. The van der Waals surface area contributed by atoms with Gasteiger partial charge in [0, 0.05) is 32.1 Å². The van der Waals surface area contributed by atoms with Gasteiger partial charge in [0.2, 0.25) is 5.75 Å². The van der Waals surface area contributed by atoms with E-state index >= 15 is 0 Å². The summed E-state index contributed by atoms with van der Waals surface area (Å²) in [6.45, 7) is 1.84. The van der Waals surface area contributed by atoms with Crippen LogP contribution in [0.15, 0.2) is 58.4 Å². The number of aryl methyl sites for hydroxylation is 1. The number of anilines is 1. The molecule has 11 heteroatoms. The van der Waals surface area contributed by atoms with E-state index in [4.69, 9.17) is 4.52 Å². The topological polar surface area (TPSA) is 152 Å². The van der Waals surface area contributed by atoms with Crippen LogP contribution >= 0.6 is 0 Å². The van der Waals surface area contributed by atoms with Crippen molar-refractivity contribution in [1.29, 1.82) is 5.26 Å². The molecule has 1 aromatic carbocycles. The first kappa shape index (κ1) is 22.5. The van der Waals surface area contributed by atoms with Gasteiger partial charge in [-0.25, -0.2) is 4.98 Å². The fourth-order valence-corrected chi connectivity index (χ4v) is 3.99. The second-order valence-electron chi connectivity index (χ2n) is 7.81. The highest BCUT2D eigenvalue weighted by Crippen LogP contribution is 2.38. The van der Waals surface area contributed by atoms with Crippen molar-refractivity contribution in [2.75, 3.05) is 5.32 Å². The van der Waals surface area contributed by atoms with E-state index in [1.807, 2.05) is 25.3 Å². The average molecular weight is 459 g/mol. The summed E-state index contributed by atoms with van der Waals surface area (Å²) in [5.74, 6) is -2.22. The van der Waals surface area contributed by atoms with E-state index < -0.39 is 34.7 Å². The van der Waals surface area contributed by atoms with Gasteiger partial charge in [0.15, 0.2) is 5.69 Å². The first-order valence-corrected chi connectivity index (χ1v) is 10.3. The third-order valence-corrected chi connectivity index (χ3v) is 5.61. The maximum Gasteiger partial charge on any atom is 0.296 e. The van der Waals surface area contributed by atoms with Crippen LogP contribution in [0, 0.1) is 11.3 Å². The predicted octanol–water partition coefficient (Wildman–Crippen LogP) is 2.27. The molecule has 0 aliphatic rings. The number of aromatic nitrogens is 5. The van der Waals surface area contributed by atoms with Gasteiger partial charge < -0.3 is 14.9 Å². The normalized spacial score (nSPS) is 12.6. The van der Waals surface area contributed by atoms with Crippen LogP contribution in [-0.4, -0.2) is 35.5 Å². The monoisotopic (exact) mass is 459 g/mol. The van der Waals surface area contributed by atoms with Gasteiger partial charge in [-0.15, -0.1) is 0 Å². The maximum atomic E-state index is 12.8. The van der Waals surface area contributed by atoms with E-state index in [9.17, 15) is 20.0 Å². The first-order chi connectivity index (χ1) is 16.3. The number of hydrogen-bond donors (Lipinski definition) is 2. The van der Waals surface area contributed by atoms with Crippen molar-refractivity contribution in [3.05, 3.63) is 87.7 Å². The molecule has 2 atom stereocenters. The van der Waals surface area contributed by atoms with Crippen LogP contribution in [-0.2, 0) is 14.1 Å². The Bertz CT molecular complexity index is 1450. The van der Waals surface area contributed by atoms with Crippen LogP contribution < -0.4 is 10.9 Å². The minimum absolute atomic E-state index is 0.248. The third kappa shape index (κ3) is 4.04. The van der Waals surface area contributed by atoms with Crippen molar-refractivity contribution in [3.8, 4) is 11.8 Å². The van der Waals surface area contributed by atoms with Gasteiger partial charge in [-0.2, -0.15) is 10.4 Å². The molecule has 4 aromatic rings. The zero-order valence-corrected chi connectivity index (χ0v) is 18.6. The summed E-state index contributed by atoms with van der Waals surface area (Å²) in [5, 5.41) is 30.3. The number of nitrogens with zero attached hydrogens (tertiary/aromatic N) is 6. The molecule has 11 nitrogen and oxygen atoms in total. The molecule has 4 rings (SSSR count). The van der Waals surface area contributed by atoms with Gasteiger partial charge in [0.05, 0.1) is 24.0 Å². The fraction of sp³-hybridized carbons (Fsp3) is 0.217. The molecule has 0 fully saturated rings. The zero-order valence-electron chi connectivity index (χ0n) is 18.6. The summed E-state index contributed by atoms with van der Waals surface area (Å²) in [4.78, 5) is 30.0. The van der Waals surface area contributed by atoms with Crippen molar-refractivity contribution < 1.29 is 14.4 Å². The standard InChI is InChI=1S/C23H21N7O4/c1-13(18(15-9-25-29(2)11-15)17-7-5-4-6-14(17)8-24)21-28-19(20(31)23(33)30(21)3)22(32)27-16-10-26-34-12-16/h4-7,9-13,18,31H,1-3H3,(H,27,32)/t13-,18-/m1/s1. The van der Waals surface area contributed by atoms with E-state index in [2.05, 4.69) is 26.6 Å². The van der Waals surface area contributed by atoms with Crippen molar-refractivity contribution in [3.63, 3.8) is 0 Å². The molecule has 0 radical (unpaired) electrons. The highest BCUT2D eigenvalue weighted by atomic mass is 16.5. The number of carbonyl (C=O) groups excluding carboxylic acids is 1. The largest absolute Gasteiger partial charge is 0.501 e. The Balaban J connectivity index is 1.85. The van der Waals surface area contributed by atoms with Gasteiger partial charge in [0.25, 0.3) is 11.5 Å². The highest BCUT2D eigenvalue weighted by molar-refractivity contribution is 6.04. The lowest BCUT2D eigenvalue weighted by Gasteiger charge is -2.26. The Labute approximate surface area is 193 Å². The third-order valence-electron chi connectivity index (χ3n) is 5.61. The molecular formula is C23H21N7O4. The minimum atomic E-state index is -0.790. The summed E-state index contributed by atoms with van der Waals surface area (Å²) in [7, 11) is 3.25. The first-order valence-electron chi connectivity index (χ1n) is 10.3. The minimum Gasteiger partial charge on any atom is -0.501 e. The number of nitriles is 1. The van der Waals surface area contributed by atoms with Crippen LogP contribution in [0.2, 0.25) is 0 Å². The van der Waals surface area contributed by atoms with Crippen LogP contribution in [0.3, 0.4) is 0 Å². The number of aromatic hydroxyl groups is 1. The number of hydrogen-bond acceptors (Lipinski definition) is 8. The Morgan fingerprint density at radius 3 is 2.68 bits per heavy atom. The fourth-order valence-electron chi connectivity index (χ4n) is 3.99. The molecule has 0 saturated heterocycles. The van der Waals surface area contributed by atoms with Crippen LogP contribution in [0.1, 0.15) is 51.8 Å². The van der Waals surface area contributed by atoms with Gasteiger partial charge >= 0.3 is 0 Å². The molecule has 0 spiro atoms. The van der Waals surface area contributed by atoms with E-state index in [0.29, 0.717) is 5.56 Å². The SMILES string of the molecule is C[C@@H](c1nc(C(=O)Nc2cnoc2)c(O)c(=O)n1C)[C@H](c1cnn(C)c1)c1ccccc1C#N. The highest BCUT2D eigenvalue weighted by Gasteiger charge is 2.31. The molecule has 3 aromatic heterocycles. The van der Waals surface area contributed by atoms with Crippen LogP contribution in [0.25, 0.3) is 0 Å². The average Bonchev–Trinajstić information content (AvgIpc) is 3.50. The number of benzene rings is 1. The Morgan fingerprint density at radius 1 is 1.26 bits per heavy atom. The van der Waals surface area contributed by atoms with E-state index in [0.717, 1.165) is 11.1 Å². The molecule has 0 aliphatic heterocycles. The van der Waals surface area contributed by atoms with E-state index in [-0.39, 0.29) is 11.5 Å². The number of nitrogens with one attached hydrogen (secondary N) is 1. The summed E-state index contributed by atoms with van der Waals surface area (Å²) in [5.41, 5.74) is 1.05. The molecule has 172 valence electrons. The van der Waals surface area contributed by atoms with Crippen molar-refractivity contribution in [1.82, 2.24) is 24.5 Å². The number of carbonyl (C=O) groups is 1. The summed E-state index contributed by atoms with van der Waals surface area (Å²) >= 11 is 0. The quantitative estimate of drug-likeness (QED) is 0.445. The second-order valence-corrected chi connectivity index (χ2v) is 7.81. The van der Waals surface area contributed by atoms with Crippen molar-refractivity contribution in [2.45, 2.75) is 18.8 Å². The lowest BCUT2D eigenvalue weighted by atomic mass is 9.80. The van der Waals surface area contributed by atoms with Gasteiger partial charge in [-0.3, -0.25) is 18.8 Å². The lowest BCUT2D eigenvalue weighted by Crippen LogP contribution is -2.29. The molecule has 1 amide bonds. The van der Waals surface area contributed by atoms with Crippen LogP contribution in [0.4, 0.5) is 5.69 Å². The van der Waals surface area contributed by atoms with Crippen molar-refractivity contribution >= 4 is 11.6 Å². The summed E-state index contributed by atoms with van der Waals surface area (Å²) < 4.78 is 7.54. The molecule has 0 aliphatic carbocycles. The smallest absolute Gasteiger partial charge is 0.296 e. The summed E-state index contributed by atoms with van der Waals surface area (Å²) in [6.07, 6.45) is 5.99. The molecule has 0 saturated carbocycles. The Hall–Kier alpha value is -4.72. The van der Waals surface area contributed by atoms with E-state index in [1.165, 1.54) is 24.1 Å². The lowest BCUT2D eigenvalue weighted by molar-refractivity contribution is 0.101. The Morgan fingerprint density at radius 2 is 2.03 bits per heavy atom. The number of amides is 1. The zero-order chi connectivity index (χ0) is 24.4. The number of rotatable bonds is 6. The summed E-state index contributed by atoms with van der Waals surface area (Å²) in [6, 6.07) is 9.37. The van der Waals surface area contributed by atoms with Gasteiger partial charge in [-0.05, 0) is 17.2 Å².